The summed E-state index contributed by atoms with van der Waals surface area (Å²) in [7, 11) is 0. The number of halogens is 3. The third-order valence-corrected chi connectivity index (χ3v) is 4.05. The molecule has 1 atom stereocenters. The summed E-state index contributed by atoms with van der Waals surface area (Å²) in [4.78, 5) is 1.92. The molecule has 1 unspecified atom stereocenters. The highest BCUT2D eigenvalue weighted by molar-refractivity contribution is 7.15. The summed E-state index contributed by atoms with van der Waals surface area (Å²) in [6.07, 6.45) is -2.24. The van der Waals surface area contributed by atoms with Gasteiger partial charge in [-0.1, -0.05) is 25.2 Å². The van der Waals surface area contributed by atoms with Gasteiger partial charge >= 0.3 is 6.18 Å². The van der Waals surface area contributed by atoms with Gasteiger partial charge in [-0.25, -0.2) is 0 Å². The fourth-order valence-electron chi connectivity index (χ4n) is 2.32. The first-order valence-corrected chi connectivity index (χ1v) is 6.83. The zero-order valence-corrected chi connectivity index (χ0v) is 11.2. The van der Waals surface area contributed by atoms with Gasteiger partial charge in [-0.2, -0.15) is 13.2 Å². The van der Waals surface area contributed by atoms with Gasteiger partial charge < -0.3 is 4.90 Å². The van der Waals surface area contributed by atoms with Gasteiger partial charge in [0.2, 0.25) is 10.1 Å². The maximum absolute atomic E-state index is 12.4. The summed E-state index contributed by atoms with van der Waals surface area (Å²) in [5.41, 5.74) is 0. The van der Waals surface area contributed by atoms with Crippen molar-refractivity contribution in [3.05, 3.63) is 5.01 Å². The van der Waals surface area contributed by atoms with Crippen molar-refractivity contribution < 1.29 is 13.2 Å². The van der Waals surface area contributed by atoms with Crippen LogP contribution in [0.25, 0.3) is 0 Å². The lowest BCUT2D eigenvalue weighted by molar-refractivity contribution is -0.138. The molecule has 2 rings (SSSR count). The average molecular weight is 279 g/mol. The van der Waals surface area contributed by atoms with Crippen LogP contribution in [-0.2, 0) is 6.18 Å². The van der Waals surface area contributed by atoms with Gasteiger partial charge in [-0.05, 0) is 24.7 Å². The van der Waals surface area contributed by atoms with Crippen LogP contribution in [0.1, 0.15) is 31.7 Å². The molecule has 1 aromatic rings. The molecule has 2 heterocycles. The van der Waals surface area contributed by atoms with Gasteiger partial charge in [-0.15, -0.1) is 10.2 Å². The molecule has 0 N–H and O–H groups in total. The molecule has 1 aliphatic rings. The molecule has 1 aromatic heterocycles. The van der Waals surface area contributed by atoms with Gasteiger partial charge in [0.1, 0.15) is 0 Å². The number of aromatic nitrogens is 2. The minimum absolute atomic E-state index is 0.397. The lowest BCUT2D eigenvalue weighted by Crippen LogP contribution is -2.19. The van der Waals surface area contributed by atoms with E-state index in [4.69, 9.17) is 0 Å². The van der Waals surface area contributed by atoms with E-state index in [0.29, 0.717) is 28.3 Å². The zero-order valence-electron chi connectivity index (χ0n) is 10.4. The van der Waals surface area contributed by atoms with E-state index in [2.05, 4.69) is 24.0 Å². The summed E-state index contributed by atoms with van der Waals surface area (Å²) in [5.74, 6) is 1.18. The Balaban J connectivity index is 1.99. The molecule has 0 aliphatic carbocycles. The molecular formula is C11H16F3N3S. The van der Waals surface area contributed by atoms with Crippen LogP contribution < -0.4 is 4.90 Å². The van der Waals surface area contributed by atoms with Crippen LogP contribution in [0.4, 0.5) is 18.3 Å². The first-order chi connectivity index (χ1) is 8.36. The van der Waals surface area contributed by atoms with Crippen LogP contribution in [0.5, 0.6) is 0 Å². The van der Waals surface area contributed by atoms with E-state index in [-0.39, 0.29) is 0 Å². The van der Waals surface area contributed by atoms with E-state index >= 15 is 0 Å². The number of nitrogens with zero attached hydrogens (tertiary/aromatic N) is 3. The summed E-state index contributed by atoms with van der Waals surface area (Å²) >= 11 is 0.637. The first-order valence-electron chi connectivity index (χ1n) is 6.02. The zero-order chi connectivity index (χ0) is 13.3. The molecule has 18 heavy (non-hydrogen) atoms. The molecule has 0 spiro atoms. The van der Waals surface area contributed by atoms with Gasteiger partial charge in [0, 0.05) is 13.1 Å². The van der Waals surface area contributed by atoms with Crippen molar-refractivity contribution in [3.8, 4) is 0 Å². The Morgan fingerprint density at radius 1 is 1.39 bits per heavy atom. The number of rotatable bonds is 3. The molecule has 1 saturated heterocycles. The Labute approximate surface area is 108 Å². The third kappa shape index (κ3) is 3.13. The number of hydrogen-bond donors (Lipinski definition) is 0. The highest BCUT2D eigenvalue weighted by atomic mass is 32.1. The van der Waals surface area contributed by atoms with Crippen molar-refractivity contribution >= 4 is 16.5 Å². The van der Waals surface area contributed by atoms with Crippen molar-refractivity contribution in [1.82, 2.24) is 10.2 Å². The molecule has 0 radical (unpaired) electrons. The molecule has 1 fully saturated rings. The Morgan fingerprint density at radius 2 is 2.11 bits per heavy atom. The number of anilines is 1. The average Bonchev–Trinajstić information content (AvgIpc) is 2.81. The summed E-state index contributed by atoms with van der Waals surface area (Å²) in [6, 6.07) is 0. The molecule has 0 saturated carbocycles. The van der Waals surface area contributed by atoms with Crippen molar-refractivity contribution in [2.75, 3.05) is 18.0 Å². The SMILES string of the molecule is CC(C)CC1CCN(c2nnc(C(F)(F)F)s2)C1. The van der Waals surface area contributed by atoms with Crippen LogP contribution in [0, 0.1) is 11.8 Å². The highest BCUT2D eigenvalue weighted by Crippen LogP contribution is 2.36. The largest absolute Gasteiger partial charge is 0.445 e. The van der Waals surface area contributed by atoms with Gasteiger partial charge in [-0.3, -0.25) is 0 Å². The Hall–Kier alpha value is -0.850. The normalized spacial score (nSPS) is 21.0. The van der Waals surface area contributed by atoms with E-state index in [0.717, 1.165) is 25.9 Å². The van der Waals surface area contributed by atoms with Crippen molar-refractivity contribution in [2.24, 2.45) is 11.8 Å². The van der Waals surface area contributed by atoms with Crippen LogP contribution in [-0.4, -0.2) is 23.3 Å². The van der Waals surface area contributed by atoms with E-state index < -0.39 is 11.2 Å². The molecule has 0 bridgehead atoms. The minimum atomic E-state index is -4.38. The Bertz CT molecular complexity index is 402. The van der Waals surface area contributed by atoms with E-state index in [1.165, 1.54) is 0 Å². The molecule has 102 valence electrons. The molecule has 0 amide bonds. The van der Waals surface area contributed by atoms with Crippen LogP contribution in [0.3, 0.4) is 0 Å². The van der Waals surface area contributed by atoms with Crippen LogP contribution in [0.2, 0.25) is 0 Å². The van der Waals surface area contributed by atoms with Gasteiger partial charge in [0.05, 0.1) is 0 Å². The van der Waals surface area contributed by atoms with E-state index in [1.54, 1.807) is 0 Å². The predicted molar refractivity (Wildman–Crippen MR) is 64.7 cm³/mol. The van der Waals surface area contributed by atoms with Gasteiger partial charge in [0.25, 0.3) is 0 Å². The first kappa shape index (κ1) is 13.6. The Kier molecular flexibility index (Phi) is 3.79. The van der Waals surface area contributed by atoms with Crippen molar-refractivity contribution in [2.45, 2.75) is 32.9 Å². The summed E-state index contributed by atoms with van der Waals surface area (Å²) in [5, 5.41) is 6.41. The number of hydrogen-bond acceptors (Lipinski definition) is 4. The van der Waals surface area contributed by atoms with Crippen molar-refractivity contribution in [3.63, 3.8) is 0 Å². The molecular weight excluding hydrogens is 263 g/mol. The third-order valence-electron chi connectivity index (χ3n) is 3.02. The second kappa shape index (κ2) is 5.03. The fourth-order valence-corrected chi connectivity index (χ4v) is 3.07. The fraction of sp³-hybridized carbons (Fsp3) is 0.818. The maximum Gasteiger partial charge on any atom is 0.445 e. The lowest BCUT2D eigenvalue weighted by atomic mass is 9.97. The monoisotopic (exact) mass is 279 g/mol. The summed E-state index contributed by atoms with van der Waals surface area (Å²) < 4.78 is 37.3. The second-order valence-electron chi connectivity index (χ2n) is 5.12. The van der Waals surface area contributed by atoms with E-state index in [9.17, 15) is 13.2 Å². The molecule has 3 nitrogen and oxygen atoms in total. The lowest BCUT2D eigenvalue weighted by Gasteiger charge is -2.15. The molecule has 7 heteroatoms. The summed E-state index contributed by atoms with van der Waals surface area (Å²) in [6.45, 7) is 5.90. The Morgan fingerprint density at radius 3 is 2.67 bits per heavy atom. The maximum atomic E-state index is 12.4. The second-order valence-corrected chi connectivity index (χ2v) is 6.07. The molecule has 0 aromatic carbocycles. The highest BCUT2D eigenvalue weighted by Gasteiger charge is 2.37. The van der Waals surface area contributed by atoms with Crippen LogP contribution >= 0.6 is 11.3 Å². The predicted octanol–water partition coefficient (Wildman–Crippen LogP) is 3.43. The standard InChI is InChI=1S/C11H16F3N3S/c1-7(2)5-8-3-4-17(6-8)10-16-15-9(18-10)11(12,13)14/h7-8H,3-6H2,1-2H3. The molecule has 1 aliphatic heterocycles. The quantitative estimate of drug-likeness (QED) is 0.849. The minimum Gasteiger partial charge on any atom is -0.346 e. The van der Waals surface area contributed by atoms with Crippen molar-refractivity contribution in [1.29, 1.82) is 0 Å². The van der Waals surface area contributed by atoms with Crippen LogP contribution in [0.15, 0.2) is 0 Å². The van der Waals surface area contributed by atoms with E-state index in [1.807, 2.05) is 4.90 Å². The number of alkyl halides is 3. The topological polar surface area (TPSA) is 29.0 Å². The van der Waals surface area contributed by atoms with Gasteiger partial charge in [0.15, 0.2) is 0 Å². The smallest absolute Gasteiger partial charge is 0.346 e.